The molecule has 2 N–H and O–H groups in total. The first-order valence-electron chi connectivity index (χ1n) is 3.86. The predicted octanol–water partition coefficient (Wildman–Crippen LogP) is 0.282. The van der Waals surface area contributed by atoms with E-state index in [-0.39, 0.29) is 5.69 Å². The van der Waals surface area contributed by atoms with Crippen LogP contribution in [-0.4, -0.2) is 25.8 Å². The lowest BCUT2D eigenvalue weighted by atomic mass is 10.7. The first-order valence-corrected chi connectivity index (χ1v) is 4.74. The molecule has 0 fully saturated rings. The smallest absolute Gasteiger partial charge is 0.343 e. The van der Waals surface area contributed by atoms with Gasteiger partial charge in [-0.1, -0.05) is 11.8 Å². The van der Waals surface area contributed by atoms with E-state index in [1.165, 1.54) is 9.98 Å². The van der Waals surface area contributed by atoms with Crippen molar-refractivity contribution >= 4 is 17.7 Å². The van der Waals surface area contributed by atoms with Crippen LogP contribution in [0.15, 0.2) is 21.4 Å². The lowest BCUT2D eigenvalue weighted by Gasteiger charge is -1.96. The fraction of sp³-hybridized carbons (Fsp3) is 0.286. The zero-order chi connectivity index (χ0) is 10.6. The highest BCUT2D eigenvalue weighted by Gasteiger charge is 2.04. The van der Waals surface area contributed by atoms with E-state index in [0.717, 1.165) is 17.8 Å². The van der Waals surface area contributed by atoms with E-state index in [9.17, 15) is 9.59 Å². The molecule has 1 rings (SSSR count). The number of nitrogens with one attached hydrogen (secondary N) is 1. The van der Waals surface area contributed by atoms with Crippen LogP contribution >= 0.6 is 11.8 Å². The summed E-state index contributed by atoms with van der Waals surface area (Å²) in [6.45, 7) is 2.31. The van der Waals surface area contributed by atoms with Crippen LogP contribution in [0.5, 0.6) is 0 Å². The van der Waals surface area contributed by atoms with Crippen molar-refractivity contribution < 1.29 is 9.90 Å². The predicted molar refractivity (Wildman–Crippen MR) is 51.2 cm³/mol. The third kappa shape index (κ3) is 2.49. The van der Waals surface area contributed by atoms with Gasteiger partial charge in [0.2, 0.25) is 0 Å². The molecule has 0 saturated carbocycles. The summed E-state index contributed by atoms with van der Waals surface area (Å²) in [5, 5.41) is 16.2. The van der Waals surface area contributed by atoms with E-state index in [0.29, 0.717) is 11.7 Å². The van der Waals surface area contributed by atoms with Crippen molar-refractivity contribution in [2.45, 2.75) is 18.6 Å². The van der Waals surface area contributed by atoms with Crippen molar-refractivity contribution in [2.75, 3.05) is 0 Å². The Morgan fingerprint density at radius 1 is 1.79 bits per heavy atom. The quantitative estimate of drug-likeness (QED) is 0.556. The molecule has 0 aromatic carbocycles. The second-order valence-corrected chi connectivity index (χ2v) is 3.19. The van der Waals surface area contributed by atoms with Crippen LogP contribution in [0, 0.1) is 0 Å². The maximum Gasteiger partial charge on any atom is 0.343 e. The van der Waals surface area contributed by atoms with Gasteiger partial charge in [0.15, 0.2) is 5.16 Å². The number of aromatic amines is 1. The molecule has 0 aliphatic rings. The molecule has 0 spiro atoms. The molecule has 0 aliphatic carbocycles. The number of carboxylic acids is 1. The van der Waals surface area contributed by atoms with E-state index >= 15 is 0 Å². The lowest BCUT2D eigenvalue weighted by molar-refractivity contribution is -0.131. The number of hydrogen-bond acceptors (Lipinski definition) is 4. The van der Waals surface area contributed by atoms with Gasteiger partial charge in [-0.05, 0) is 12.3 Å². The molecule has 0 aliphatic heterocycles. The highest BCUT2D eigenvalue weighted by atomic mass is 32.2. The Balaban J connectivity index is 2.77. The highest BCUT2D eigenvalue weighted by molar-refractivity contribution is 8.02. The summed E-state index contributed by atoms with van der Waals surface area (Å²) < 4.78 is 1.41. The Hall–Kier alpha value is -1.50. The summed E-state index contributed by atoms with van der Waals surface area (Å²) in [4.78, 5) is 21.2. The molecule has 7 heteroatoms. The zero-order valence-corrected chi connectivity index (χ0v) is 8.24. The summed E-state index contributed by atoms with van der Waals surface area (Å²) in [5.41, 5.74) is -0.293. The molecule has 0 unspecified atom stereocenters. The number of nitrogens with zero attached hydrogens (tertiary/aromatic N) is 2. The molecule has 0 bridgehead atoms. The molecule has 6 nitrogen and oxygen atoms in total. The molecule has 0 atom stereocenters. The average Bonchev–Trinajstić information content (AvgIpc) is 2.46. The number of thioether (sulfide) groups is 1. The summed E-state index contributed by atoms with van der Waals surface area (Å²) in [5.74, 6) is -1.03. The van der Waals surface area contributed by atoms with Crippen LogP contribution in [0.1, 0.15) is 6.92 Å². The monoisotopic (exact) mass is 215 g/mol. The van der Waals surface area contributed by atoms with Crippen molar-refractivity contribution in [3.05, 3.63) is 22.0 Å². The molecule has 76 valence electrons. The minimum absolute atomic E-state index is 0.293. The van der Waals surface area contributed by atoms with Gasteiger partial charge in [-0.2, -0.15) is 0 Å². The van der Waals surface area contributed by atoms with Crippen LogP contribution in [-0.2, 0) is 11.3 Å². The molecule has 1 heterocycles. The number of aliphatic carboxylic acids is 1. The number of H-pyrrole nitrogens is 1. The maximum absolute atomic E-state index is 11.1. The number of aromatic nitrogens is 3. The van der Waals surface area contributed by atoms with Gasteiger partial charge >= 0.3 is 11.7 Å². The standard InChI is InChI=1S/C7H9N3O3S/c1-2-10-6(13)8-9-7(10)14-4-3-5(11)12/h3-4H,2H2,1H3,(H,8,13)(H,11,12). The fourth-order valence-electron chi connectivity index (χ4n) is 0.825. The Kier molecular flexibility index (Phi) is 3.52. The van der Waals surface area contributed by atoms with E-state index in [1.807, 2.05) is 6.92 Å². The van der Waals surface area contributed by atoms with Gasteiger partial charge in [0.25, 0.3) is 0 Å². The van der Waals surface area contributed by atoms with Crippen LogP contribution < -0.4 is 5.69 Å². The third-order valence-corrected chi connectivity index (χ3v) is 2.22. The Morgan fingerprint density at radius 3 is 3.07 bits per heavy atom. The van der Waals surface area contributed by atoms with Crippen molar-refractivity contribution in [3.63, 3.8) is 0 Å². The second-order valence-electron chi connectivity index (χ2n) is 2.31. The number of carboxylic acid groups (broad SMARTS) is 1. The van der Waals surface area contributed by atoms with Crippen LogP contribution in [0.3, 0.4) is 0 Å². The molecular formula is C7H9N3O3S. The van der Waals surface area contributed by atoms with Crippen molar-refractivity contribution in [3.8, 4) is 0 Å². The fourth-order valence-corrected chi connectivity index (χ4v) is 1.57. The van der Waals surface area contributed by atoms with Gasteiger partial charge in [-0.25, -0.2) is 14.7 Å². The van der Waals surface area contributed by atoms with Gasteiger partial charge in [0.1, 0.15) is 0 Å². The van der Waals surface area contributed by atoms with E-state index in [1.54, 1.807) is 0 Å². The molecule has 1 aromatic heterocycles. The summed E-state index contributed by atoms with van der Waals surface area (Å²) in [7, 11) is 0. The zero-order valence-electron chi connectivity index (χ0n) is 7.43. The summed E-state index contributed by atoms with van der Waals surface area (Å²) in [6.07, 6.45) is 0.990. The van der Waals surface area contributed by atoms with Gasteiger partial charge < -0.3 is 5.11 Å². The lowest BCUT2D eigenvalue weighted by Crippen LogP contribution is -2.15. The topological polar surface area (TPSA) is 88.0 Å². The minimum atomic E-state index is -1.03. The van der Waals surface area contributed by atoms with Crippen molar-refractivity contribution in [1.29, 1.82) is 0 Å². The average molecular weight is 215 g/mol. The van der Waals surface area contributed by atoms with Crippen molar-refractivity contribution in [1.82, 2.24) is 14.8 Å². The number of rotatable bonds is 4. The molecule has 0 amide bonds. The largest absolute Gasteiger partial charge is 0.478 e. The first kappa shape index (κ1) is 10.6. The SMILES string of the molecule is CCn1c(SC=CC(=O)O)n[nH]c1=O. The number of hydrogen-bond donors (Lipinski definition) is 2. The Bertz CT molecular complexity index is 407. The van der Waals surface area contributed by atoms with Gasteiger partial charge in [-0.3, -0.25) is 4.57 Å². The van der Waals surface area contributed by atoms with Gasteiger partial charge in [-0.15, -0.1) is 5.10 Å². The molecule has 14 heavy (non-hydrogen) atoms. The van der Waals surface area contributed by atoms with E-state index in [2.05, 4.69) is 10.2 Å². The molecular weight excluding hydrogens is 206 g/mol. The highest BCUT2D eigenvalue weighted by Crippen LogP contribution is 2.13. The molecule has 0 radical (unpaired) electrons. The van der Waals surface area contributed by atoms with Crippen molar-refractivity contribution in [2.24, 2.45) is 0 Å². The number of carbonyl (C=O) groups is 1. The molecule has 1 aromatic rings. The first-order chi connectivity index (χ1) is 6.65. The van der Waals surface area contributed by atoms with Crippen LogP contribution in [0.4, 0.5) is 0 Å². The molecule has 0 saturated heterocycles. The summed E-state index contributed by atoms with van der Waals surface area (Å²) >= 11 is 1.08. The minimum Gasteiger partial charge on any atom is -0.478 e. The third-order valence-electron chi connectivity index (χ3n) is 1.42. The van der Waals surface area contributed by atoms with Gasteiger partial charge in [0, 0.05) is 12.6 Å². The van der Waals surface area contributed by atoms with E-state index in [4.69, 9.17) is 5.11 Å². The van der Waals surface area contributed by atoms with E-state index < -0.39 is 5.97 Å². The Labute approximate surface area is 83.6 Å². The normalized spacial score (nSPS) is 10.9. The maximum atomic E-state index is 11.1. The van der Waals surface area contributed by atoms with Crippen LogP contribution in [0.2, 0.25) is 0 Å². The van der Waals surface area contributed by atoms with Gasteiger partial charge in [0.05, 0.1) is 0 Å². The summed E-state index contributed by atoms with van der Waals surface area (Å²) in [6, 6.07) is 0. The van der Waals surface area contributed by atoms with Crippen LogP contribution in [0.25, 0.3) is 0 Å². The second kappa shape index (κ2) is 4.66. The Morgan fingerprint density at radius 2 is 2.50 bits per heavy atom.